The van der Waals surface area contributed by atoms with Gasteiger partial charge in [-0.25, -0.2) is 0 Å². The number of halogens is 1. The SMILES string of the molecule is C1CCCC1.C=O.COCCCCC(O)(CCCCN(C)C)c1cccc(Cl)c1Oc1cccc(C)c1. The number of hydrogen-bond donors (Lipinski definition) is 1. The van der Waals surface area contributed by atoms with Crippen LogP contribution in [0.15, 0.2) is 42.5 Å². The van der Waals surface area contributed by atoms with Crippen molar-refractivity contribution in [2.24, 2.45) is 0 Å². The summed E-state index contributed by atoms with van der Waals surface area (Å²) >= 11 is 6.55. The first-order chi connectivity index (χ1) is 17.9. The molecule has 208 valence electrons. The number of hydrogen-bond acceptors (Lipinski definition) is 5. The van der Waals surface area contributed by atoms with Crippen molar-refractivity contribution >= 4 is 18.4 Å². The topological polar surface area (TPSA) is 59.0 Å². The molecule has 3 rings (SSSR count). The minimum absolute atomic E-state index is 0.512. The van der Waals surface area contributed by atoms with Gasteiger partial charge < -0.3 is 24.3 Å². The van der Waals surface area contributed by atoms with Crippen LogP contribution in [0.2, 0.25) is 5.02 Å². The molecule has 0 saturated heterocycles. The Morgan fingerprint density at radius 3 is 2.11 bits per heavy atom. The third-order valence-electron chi connectivity index (χ3n) is 6.56. The highest BCUT2D eigenvalue weighted by atomic mass is 35.5. The van der Waals surface area contributed by atoms with Gasteiger partial charge in [0, 0.05) is 19.3 Å². The van der Waals surface area contributed by atoms with E-state index in [1.54, 1.807) is 7.11 Å². The number of nitrogens with zero attached hydrogens (tertiary/aromatic N) is 1. The molecule has 6 heteroatoms. The number of unbranched alkanes of at least 4 members (excludes halogenated alkanes) is 2. The van der Waals surface area contributed by atoms with Crippen LogP contribution in [0.4, 0.5) is 0 Å². The molecule has 1 aliphatic carbocycles. The van der Waals surface area contributed by atoms with Crippen molar-refractivity contribution < 1.29 is 19.4 Å². The van der Waals surface area contributed by atoms with Crippen molar-refractivity contribution in [2.45, 2.75) is 83.2 Å². The van der Waals surface area contributed by atoms with E-state index < -0.39 is 5.60 Å². The largest absolute Gasteiger partial charge is 0.455 e. The number of methoxy groups -OCH3 is 1. The van der Waals surface area contributed by atoms with Crippen LogP contribution in [-0.2, 0) is 15.1 Å². The summed E-state index contributed by atoms with van der Waals surface area (Å²) < 4.78 is 11.4. The maximum absolute atomic E-state index is 11.8. The summed E-state index contributed by atoms with van der Waals surface area (Å²) in [5.74, 6) is 1.27. The van der Waals surface area contributed by atoms with Gasteiger partial charge in [-0.3, -0.25) is 0 Å². The van der Waals surface area contributed by atoms with Gasteiger partial charge in [-0.05, 0) is 89.9 Å². The highest BCUT2D eigenvalue weighted by Gasteiger charge is 2.32. The van der Waals surface area contributed by atoms with E-state index in [0.29, 0.717) is 30.2 Å². The van der Waals surface area contributed by atoms with E-state index in [2.05, 4.69) is 19.0 Å². The minimum Gasteiger partial charge on any atom is -0.455 e. The van der Waals surface area contributed by atoms with Gasteiger partial charge in [0.1, 0.15) is 12.5 Å². The monoisotopic (exact) mass is 533 g/mol. The van der Waals surface area contributed by atoms with Gasteiger partial charge in [0.2, 0.25) is 0 Å². The maximum atomic E-state index is 11.8. The zero-order valence-corrected chi connectivity index (χ0v) is 24.2. The average molecular weight is 534 g/mol. The van der Waals surface area contributed by atoms with Crippen LogP contribution in [0.3, 0.4) is 0 Å². The first-order valence-electron chi connectivity index (χ1n) is 13.5. The quantitative estimate of drug-likeness (QED) is 0.265. The third-order valence-corrected chi connectivity index (χ3v) is 6.86. The fourth-order valence-electron chi connectivity index (χ4n) is 4.56. The van der Waals surface area contributed by atoms with Crippen molar-refractivity contribution in [1.82, 2.24) is 4.90 Å². The standard InChI is InChI=1S/C25H36ClNO3.C5H10.CH2O/c1-20-11-9-12-21(19-20)30-24-22(13-10-14-23(24)26)25(28,16-6-8-18-29-4)15-5-7-17-27(2)3;1-2-4-5-3-1;1-2/h9-14,19,28H,5-8,15-18H2,1-4H3;1-5H2;1H2. The number of aliphatic hydroxyl groups is 1. The predicted molar refractivity (Wildman–Crippen MR) is 155 cm³/mol. The molecule has 1 aliphatic rings. The Labute approximate surface area is 230 Å². The molecule has 0 bridgehead atoms. The highest BCUT2D eigenvalue weighted by molar-refractivity contribution is 6.32. The lowest BCUT2D eigenvalue weighted by Crippen LogP contribution is -2.27. The maximum Gasteiger partial charge on any atom is 0.152 e. The van der Waals surface area contributed by atoms with Gasteiger partial charge in [0.05, 0.1) is 10.6 Å². The second-order valence-electron chi connectivity index (χ2n) is 10.0. The molecule has 2 aromatic carbocycles. The Morgan fingerprint density at radius 2 is 1.54 bits per heavy atom. The lowest BCUT2D eigenvalue weighted by molar-refractivity contribution is -0.0980. The molecule has 1 saturated carbocycles. The molecule has 1 fully saturated rings. The van der Waals surface area contributed by atoms with Crippen LogP contribution >= 0.6 is 11.6 Å². The Kier molecular flexibility index (Phi) is 17.2. The Morgan fingerprint density at radius 1 is 0.946 bits per heavy atom. The number of aryl methyl sites for hydroxylation is 1. The molecule has 2 aromatic rings. The Balaban J connectivity index is 0.000000853. The van der Waals surface area contributed by atoms with Crippen molar-refractivity contribution in [1.29, 1.82) is 0 Å². The van der Waals surface area contributed by atoms with E-state index in [9.17, 15) is 5.11 Å². The first kappa shape index (κ1) is 33.1. The molecule has 1 atom stereocenters. The molecule has 37 heavy (non-hydrogen) atoms. The molecule has 0 aromatic heterocycles. The van der Waals surface area contributed by atoms with Crippen LogP contribution in [0.25, 0.3) is 0 Å². The van der Waals surface area contributed by atoms with Crippen LogP contribution in [0.5, 0.6) is 11.5 Å². The lowest BCUT2D eigenvalue weighted by Gasteiger charge is -2.31. The van der Waals surface area contributed by atoms with Gasteiger partial charge >= 0.3 is 0 Å². The van der Waals surface area contributed by atoms with E-state index in [4.69, 9.17) is 25.9 Å². The van der Waals surface area contributed by atoms with Gasteiger partial charge in [0.15, 0.2) is 5.75 Å². The number of carbonyl (C=O) groups excluding carboxylic acids is 1. The average Bonchev–Trinajstić information content (AvgIpc) is 3.48. The van der Waals surface area contributed by atoms with Gasteiger partial charge in [0.25, 0.3) is 0 Å². The molecule has 1 N–H and O–H groups in total. The molecular weight excluding hydrogens is 486 g/mol. The number of ether oxygens (including phenoxy) is 2. The molecular formula is C31H48ClNO4. The summed E-state index contributed by atoms with van der Waals surface area (Å²) in [6.07, 6.45) is 12.5. The first-order valence-corrected chi connectivity index (χ1v) is 13.9. The van der Waals surface area contributed by atoms with Crippen LogP contribution in [0, 0.1) is 6.92 Å². The molecule has 0 aliphatic heterocycles. The second kappa shape index (κ2) is 19.2. The molecule has 1 unspecified atom stereocenters. The van der Waals surface area contributed by atoms with E-state index >= 15 is 0 Å². The number of rotatable bonds is 13. The molecule has 0 heterocycles. The van der Waals surface area contributed by atoms with E-state index in [0.717, 1.165) is 49.1 Å². The van der Waals surface area contributed by atoms with Gasteiger partial charge in [-0.1, -0.05) is 68.0 Å². The van der Waals surface area contributed by atoms with Crippen LogP contribution in [-0.4, -0.2) is 51.2 Å². The van der Waals surface area contributed by atoms with Crippen LogP contribution < -0.4 is 4.74 Å². The highest BCUT2D eigenvalue weighted by Crippen LogP contribution is 2.43. The summed E-state index contributed by atoms with van der Waals surface area (Å²) in [5, 5.41) is 12.3. The minimum atomic E-state index is -0.996. The van der Waals surface area contributed by atoms with E-state index in [1.807, 2.05) is 56.2 Å². The summed E-state index contributed by atoms with van der Waals surface area (Å²) in [7, 11) is 5.85. The summed E-state index contributed by atoms with van der Waals surface area (Å²) in [6, 6.07) is 13.5. The molecule has 0 amide bonds. The Hall–Kier alpha value is -1.92. The zero-order valence-electron chi connectivity index (χ0n) is 23.4. The number of benzene rings is 2. The van der Waals surface area contributed by atoms with Crippen molar-refractivity contribution in [3.05, 3.63) is 58.6 Å². The smallest absolute Gasteiger partial charge is 0.152 e. The summed E-state index contributed by atoms with van der Waals surface area (Å²) in [4.78, 5) is 10.2. The molecule has 0 spiro atoms. The lowest BCUT2D eigenvalue weighted by atomic mass is 9.83. The van der Waals surface area contributed by atoms with Crippen molar-refractivity contribution in [2.75, 3.05) is 34.4 Å². The second-order valence-corrected chi connectivity index (χ2v) is 10.5. The van der Waals surface area contributed by atoms with Gasteiger partial charge in [-0.15, -0.1) is 0 Å². The molecule has 5 nitrogen and oxygen atoms in total. The molecule has 0 radical (unpaired) electrons. The van der Waals surface area contributed by atoms with E-state index in [-0.39, 0.29) is 0 Å². The predicted octanol–water partition coefficient (Wildman–Crippen LogP) is 7.94. The van der Waals surface area contributed by atoms with Crippen LogP contribution in [0.1, 0.15) is 81.8 Å². The fraction of sp³-hybridized carbons (Fsp3) is 0.581. The number of carbonyl (C=O) groups is 1. The zero-order chi connectivity index (χ0) is 27.5. The van der Waals surface area contributed by atoms with E-state index in [1.165, 1.54) is 32.1 Å². The summed E-state index contributed by atoms with van der Waals surface area (Å²) in [6.45, 7) is 5.72. The van der Waals surface area contributed by atoms with Crippen molar-refractivity contribution in [3.8, 4) is 11.5 Å². The van der Waals surface area contributed by atoms with Gasteiger partial charge in [-0.2, -0.15) is 0 Å². The van der Waals surface area contributed by atoms with Crippen molar-refractivity contribution in [3.63, 3.8) is 0 Å². The normalized spacial score (nSPS) is 14.2. The summed E-state index contributed by atoms with van der Waals surface area (Å²) in [5.41, 5.74) is 0.878. The number of para-hydroxylation sites is 1. The fourth-order valence-corrected chi connectivity index (χ4v) is 4.78. The Bertz CT molecular complexity index is 864. The third kappa shape index (κ3) is 12.9.